The Hall–Kier alpha value is -4.18. The van der Waals surface area contributed by atoms with Crippen molar-refractivity contribution in [1.29, 1.82) is 0 Å². The molecule has 174 valence electrons. The van der Waals surface area contributed by atoms with Crippen LogP contribution in [0.15, 0.2) is 53.3 Å². The predicted octanol–water partition coefficient (Wildman–Crippen LogP) is 2.58. The molecule has 11 heteroatoms. The molecule has 0 aliphatic heterocycles. The lowest BCUT2D eigenvalue weighted by Crippen LogP contribution is -2.28. The summed E-state index contributed by atoms with van der Waals surface area (Å²) in [6.45, 7) is 1.81. The number of para-hydroxylation sites is 1. The number of benzene rings is 2. The molecule has 0 unspecified atom stereocenters. The Morgan fingerprint density at radius 1 is 1.09 bits per heavy atom. The summed E-state index contributed by atoms with van der Waals surface area (Å²) in [4.78, 5) is 38.0. The molecule has 0 aliphatic carbocycles. The molecule has 2 aromatic carbocycles. The number of fused-ring (bicyclic) bond motifs is 1. The second-order valence-electron chi connectivity index (χ2n) is 7.72. The zero-order valence-corrected chi connectivity index (χ0v) is 19.1. The number of nitrogen functional groups attached to an aromatic ring is 2. The van der Waals surface area contributed by atoms with Gasteiger partial charge in [-0.3, -0.25) is 14.2 Å². The number of anilines is 3. The molecular weight excluding hydrogens is 456 g/mol. The zero-order chi connectivity index (χ0) is 24.4. The maximum Gasteiger partial charge on any atom is 0.266 e. The fourth-order valence-electron chi connectivity index (χ4n) is 3.75. The van der Waals surface area contributed by atoms with Crippen LogP contribution in [-0.2, 0) is 11.2 Å². The van der Waals surface area contributed by atoms with Crippen LogP contribution < -0.4 is 28.1 Å². The number of amides is 1. The lowest BCUT2D eigenvalue weighted by Gasteiger charge is -2.21. The van der Waals surface area contributed by atoms with Crippen molar-refractivity contribution < 1.29 is 4.79 Å². The van der Waals surface area contributed by atoms with Crippen LogP contribution in [0.1, 0.15) is 30.8 Å². The summed E-state index contributed by atoms with van der Waals surface area (Å²) in [6, 6.07) is 14.0. The van der Waals surface area contributed by atoms with Crippen LogP contribution >= 0.6 is 11.6 Å². The van der Waals surface area contributed by atoms with Gasteiger partial charge in [-0.05, 0) is 37.1 Å². The molecule has 0 fully saturated rings. The smallest absolute Gasteiger partial charge is 0.266 e. The van der Waals surface area contributed by atoms with Crippen LogP contribution in [0, 0.1) is 0 Å². The second kappa shape index (κ2) is 9.36. The Morgan fingerprint density at radius 3 is 2.53 bits per heavy atom. The number of carbonyl (C=O) groups is 1. The van der Waals surface area contributed by atoms with Gasteiger partial charge < -0.3 is 22.5 Å². The molecule has 0 radical (unpaired) electrons. The van der Waals surface area contributed by atoms with Gasteiger partial charge in [-0.15, -0.1) is 0 Å². The average Bonchev–Trinajstić information content (AvgIpc) is 2.81. The number of carbonyl (C=O) groups excluding carboxylic acids is 1. The third-order valence-electron chi connectivity index (χ3n) is 5.30. The summed E-state index contributed by atoms with van der Waals surface area (Å²) in [5.41, 5.74) is 18.4. The molecule has 2 heterocycles. The first-order valence-corrected chi connectivity index (χ1v) is 10.9. The van der Waals surface area contributed by atoms with E-state index < -0.39 is 11.9 Å². The number of rotatable bonds is 7. The minimum Gasteiger partial charge on any atom is -0.382 e. The SMILES string of the molecule is C[C@H](Nc1nc(N)nc(N)c1Cl)c1nc2cccc(CCC(N)=O)c2c(=O)n1-c1ccccc1. The minimum absolute atomic E-state index is 0.0369. The second-order valence-corrected chi connectivity index (χ2v) is 8.10. The highest BCUT2D eigenvalue weighted by Crippen LogP contribution is 2.29. The van der Waals surface area contributed by atoms with Crippen LogP contribution in [-0.4, -0.2) is 25.4 Å². The molecule has 10 nitrogen and oxygen atoms in total. The lowest BCUT2D eigenvalue weighted by molar-refractivity contribution is -0.117. The highest BCUT2D eigenvalue weighted by Gasteiger charge is 2.21. The number of primary amides is 1. The third-order valence-corrected chi connectivity index (χ3v) is 5.67. The number of aromatic nitrogens is 4. The molecule has 0 bridgehead atoms. The Kier molecular flexibility index (Phi) is 6.33. The van der Waals surface area contributed by atoms with Gasteiger partial charge in [-0.1, -0.05) is 41.9 Å². The number of halogens is 1. The van der Waals surface area contributed by atoms with Crippen LogP contribution in [0.25, 0.3) is 16.6 Å². The highest BCUT2D eigenvalue weighted by molar-refractivity contribution is 6.35. The maximum absolute atomic E-state index is 13.8. The van der Waals surface area contributed by atoms with Crippen molar-refractivity contribution in [3.05, 3.63) is 75.3 Å². The van der Waals surface area contributed by atoms with Crippen molar-refractivity contribution in [1.82, 2.24) is 19.5 Å². The standard InChI is InChI=1S/C23H23ClN8O2/c1-12(28-20-18(24)19(26)30-23(27)31-20)21-29-15-9-5-6-13(10-11-16(25)33)17(15)22(34)32(21)14-7-3-2-4-8-14/h2-9,12H,10-11H2,1H3,(H2,25,33)(H5,26,27,28,30,31)/t12-/m0/s1. The van der Waals surface area contributed by atoms with Gasteiger partial charge in [0.05, 0.1) is 22.6 Å². The van der Waals surface area contributed by atoms with Crippen LogP contribution in [0.2, 0.25) is 5.02 Å². The number of hydrogen-bond donors (Lipinski definition) is 4. The molecule has 1 amide bonds. The van der Waals surface area contributed by atoms with E-state index in [4.69, 9.17) is 33.8 Å². The van der Waals surface area contributed by atoms with Gasteiger partial charge in [0.1, 0.15) is 16.7 Å². The van der Waals surface area contributed by atoms with Gasteiger partial charge >= 0.3 is 0 Å². The van der Waals surface area contributed by atoms with E-state index in [1.54, 1.807) is 18.2 Å². The summed E-state index contributed by atoms with van der Waals surface area (Å²) in [6.07, 6.45) is 0.458. The van der Waals surface area contributed by atoms with Gasteiger partial charge in [-0.2, -0.15) is 9.97 Å². The van der Waals surface area contributed by atoms with E-state index in [-0.39, 0.29) is 34.6 Å². The van der Waals surface area contributed by atoms with E-state index in [1.165, 1.54) is 4.57 Å². The topological polar surface area (TPSA) is 168 Å². The van der Waals surface area contributed by atoms with Gasteiger partial charge in [0.15, 0.2) is 5.82 Å². The van der Waals surface area contributed by atoms with Crippen molar-refractivity contribution >= 4 is 46.0 Å². The Morgan fingerprint density at radius 2 is 1.82 bits per heavy atom. The molecule has 0 spiro atoms. The van der Waals surface area contributed by atoms with Gasteiger partial charge in [0.25, 0.3) is 5.56 Å². The largest absolute Gasteiger partial charge is 0.382 e. The molecule has 4 aromatic rings. The van der Waals surface area contributed by atoms with Gasteiger partial charge in [0.2, 0.25) is 11.9 Å². The molecule has 1 atom stereocenters. The van der Waals surface area contributed by atoms with Crippen molar-refractivity contribution in [2.75, 3.05) is 16.8 Å². The fraction of sp³-hybridized carbons (Fsp3) is 0.174. The summed E-state index contributed by atoms with van der Waals surface area (Å²) in [7, 11) is 0. The van der Waals surface area contributed by atoms with Crippen molar-refractivity contribution in [2.24, 2.45) is 5.73 Å². The number of aryl methyl sites for hydroxylation is 1. The number of nitrogens with one attached hydrogen (secondary N) is 1. The minimum atomic E-state index is -0.530. The van der Waals surface area contributed by atoms with Gasteiger partial charge in [-0.25, -0.2) is 4.98 Å². The van der Waals surface area contributed by atoms with Crippen LogP contribution in [0.4, 0.5) is 17.6 Å². The van der Waals surface area contributed by atoms with E-state index in [0.717, 1.165) is 0 Å². The Labute approximate surface area is 199 Å². The lowest BCUT2D eigenvalue weighted by atomic mass is 10.0. The normalized spacial score (nSPS) is 11.9. The first-order valence-electron chi connectivity index (χ1n) is 10.5. The Bertz CT molecular complexity index is 1440. The van der Waals surface area contributed by atoms with Crippen molar-refractivity contribution in [3.8, 4) is 5.69 Å². The summed E-state index contributed by atoms with van der Waals surface area (Å²) in [5, 5.41) is 3.68. The van der Waals surface area contributed by atoms with Crippen molar-refractivity contribution in [3.63, 3.8) is 0 Å². The number of nitrogens with zero attached hydrogens (tertiary/aromatic N) is 4. The van der Waals surface area contributed by atoms with Crippen molar-refractivity contribution in [2.45, 2.75) is 25.8 Å². The maximum atomic E-state index is 13.8. The molecule has 4 rings (SSSR count). The van der Waals surface area contributed by atoms with Crippen LogP contribution in [0.5, 0.6) is 0 Å². The summed E-state index contributed by atoms with van der Waals surface area (Å²) in [5.74, 6) is 0.200. The van der Waals surface area contributed by atoms with E-state index in [9.17, 15) is 9.59 Å². The van der Waals surface area contributed by atoms with Crippen LogP contribution in [0.3, 0.4) is 0 Å². The highest BCUT2D eigenvalue weighted by atomic mass is 35.5. The molecule has 0 saturated carbocycles. The molecule has 7 N–H and O–H groups in total. The van der Waals surface area contributed by atoms with E-state index in [0.29, 0.717) is 34.4 Å². The molecule has 0 saturated heterocycles. The molecular formula is C23H23ClN8O2. The molecule has 2 aromatic heterocycles. The zero-order valence-electron chi connectivity index (χ0n) is 18.3. The fourth-order valence-corrected chi connectivity index (χ4v) is 3.89. The Balaban J connectivity index is 1.91. The number of nitrogens with two attached hydrogens (primary N) is 3. The van der Waals surface area contributed by atoms with Gasteiger partial charge in [0, 0.05) is 6.42 Å². The first kappa shape index (κ1) is 23.0. The van der Waals surface area contributed by atoms with E-state index in [2.05, 4.69) is 15.3 Å². The molecule has 0 aliphatic rings. The third kappa shape index (κ3) is 4.48. The van der Waals surface area contributed by atoms with E-state index >= 15 is 0 Å². The molecule has 34 heavy (non-hydrogen) atoms. The summed E-state index contributed by atoms with van der Waals surface area (Å²) < 4.78 is 1.52. The average molecular weight is 479 g/mol. The first-order chi connectivity index (χ1) is 16.3. The predicted molar refractivity (Wildman–Crippen MR) is 133 cm³/mol. The quantitative estimate of drug-likeness (QED) is 0.314. The number of hydrogen-bond acceptors (Lipinski definition) is 8. The summed E-state index contributed by atoms with van der Waals surface area (Å²) >= 11 is 6.27. The monoisotopic (exact) mass is 478 g/mol. The van der Waals surface area contributed by atoms with E-state index in [1.807, 2.05) is 37.3 Å².